The van der Waals surface area contributed by atoms with Crippen molar-refractivity contribution in [3.8, 4) is 6.07 Å². The van der Waals surface area contributed by atoms with Crippen molar-refractivity contribution in [1.82, 2.24) is 5.32 Å². The van der Waals surface area contributed by atoms with Crippen LogP contribution in [0.2, 0.25) is 0 Å². The van der Waals surface area contributed by atoms with E-state index in [1.165, 1.54) is 12.1 Å². The number of hydrogen-bond donors (Lipinski definition) is 1. The van der Waals surface area contributed by atoms with Gasteiger partial charge in [-0.1, -0.05) is 12.1 Å². The molecule has 0 saturated heterocycles. The van der Waals surface area contributed by atoms with Gasteiger partial charge in [-0.2, -0.15) is 5.26 Å². The normalized spacial score (nSPS) is 12.1. The molecule has 2 nitrogen and oxygen atoms in total. The Hall–Kier alpha value is -1.70. The number of halogens is 1. The Kier molecular flexibility index (Phi) is 4.08. The number of rotatable bonds is 4. The van der Waals surface area contributed by atoms with Gasteiger partial charge >= 0.3 is 0 Å². The molecule has 1 atom stereocenters. The second-order valence-electron chi connectivity index (χ2n) is 4.07. The van der Waals surface area contributed by atoms with E-state index in [1.54, 1.807) is 23.5 Å². The maximum atomic E-state index is 12.8. The van der Waals surface area contributed by atoms with Crippen LogP contribution in [0.3, 0.4) is 0 Å². The van der Waals surface area contributed by atoms with Crippen LogP contribution in [0.5, 0.6) is 0 Å². The lowest BCUT2D eigenvalue weighted by Gasteiger charge is -2.13. The van der Waals surface area contributed by atoms with Crippen LogP contribution < -0.4 is 5.32 Å². The summed E-state index contributed by atoms with van der Waals surface area (Å²) in [6.45, 7) is 2.75. The quantitative estimate of drug-likeness (QED) is 0.911. The largest absolute Gasteiger partial charge is 0.305 e. The molecule has 0 aliphatic rings. The maximum absolute atomic E-state index is 12.8. The van der Waals surface area contributed by atoms with Crippen molar-refractivity contribution in [2.75, 3.05) is 0 Å². The predicted molar refractivity (Wildman–Crippen MR) is 70.7 cm³/mol. The zero-order valence-corrected chi connectivity index (χ0v) is 10.8. The minimum Gasteiger partial charge on any atom is -0.305 e. The third-order valence-corrected chi connectivity index (χ3v) is 3.67. The number of benzene rings is 1. The third-order valence-electron chi connectivity index (χ3n) is 2.74. The van der Waals surface area contributed by atoms with Crippen LogP contribution in [-0.4, -0.2) is 0 Å². The number of nitrogens with zero attached hydrogens (tertiary/aromatic N) is 1. The Morgan fingerprint density at radius 2 is 2.11 bits per heavy atom. The minimum atomic E-state index is -0.220. The summed E-state index contributed by atoms with van der Waals surface area (Å²) in [5, 5.41) is 13.9. The van der Waals surface area contributed by atoms with Gasteiger partial charge in [-0.25, -0.2) is 4.39 Å². The molecule has 2 rings (SSSR count). The Labute approximate surface area is 110 Å². The Morgan fingerprint density at radius 1 is 1.39 bits per heavy atom. The van der Waals surface area contributed by atoms with Gasteiger partial charge < -0.3 is 5.32 Å². The van der Waals surface area contributed by atoms with Gasteiger partial charge in [-0.15, -0.1) is 11.3 Å². The van der Waals surface area contributed by atoms with E-state index in [0.29, 0.717) is 12.1 Å². The highest BCUT2D eigenvalue weighted by molar-refractivity contribution is 7.10. The van der Waals surface area contributed by atoms with Crippen molar-refractivity contribution >= 4 is 11.3 Å². The topological polar surface area (TPSA) is 35.8 Å². The number of nitrogens with one attached hydrogen (secondary N) is 1. The van der Waals surface area contributed by atoms with Crippen molar-refractivity contribution in [1.29, 1.82) is 5.26 Å². The summed E-state index contributed by atoms with van der Waals surface area (Å²) in [7, 11) is 0. The lowest BCUT2D eigenvalue weighted by molar-refractivity contribution is 0.575. The van der Waals surface area contributed by atoms with E-state index in [4.69, 9.17) is 5.26 Å². The molecule has 4 heteroatoms. The Balaban J connectivity index is 1.94. The van der Waals surface area contributed by atoms with Crippen molar-refractivity contribution < 1.29 is 4.39 Å². The van der Waals surface area contributed by atoms with Crippen molar-refractivity contribution in [2.24, 2.45) is 0 Å². The van der Waals surface area contributed by atoms with E-state index in [2.05, 4.69) is 11.4 Å². The molecule has 0 aliphatic heterocycles. The van der Waals surface area contributed by atoms with E-state index in [0.717, 1.165) is 10.4 Å². The van der Waals surface area contributed by atoms with Crippen LogP contribution in [0, 0.1) is 17.1 Å². The summed E-state index contributed by atoms with van der Waals surface area (Å²) < 4.78 is 12.8. The molecule has 0 aliphatic carbocycles. The zero-order valence-electron chi connectivity index (χ0n) is 9.98. The fourth-order valence-electron chi connectivity index (χ4n) is 1.65. The van der Waals surface area contributed by atoms with E-state index in [9.17, 15) is 4.39 Å². The molecule has 0 spiro atoms. The molecule has 0 saturated carbocycles. The first kappa shape index (κ1) is 12.7. The van der Waals surface area contributed by atoms with Gasteiger partial charge in [-0.3, -0.25) is 0 Å². The monoisotopic (exact) mass is 260 g/mol. The molecule has 1 aromatic heterocycles. The SMILES string of the molecule is C[C@@H](NCc1cc(C#N)cs1)c1ccc(F)cc1. The molecule has 0 radical (unpaired) electrons. The number of hydrogen-bond acceptors (Lipinski definition) is 3. The number of thiophene rings is 1. The summed E-state index contributed by atoms with van der Waals surface area (Å²) in [5.74, 6) is -0.220. The van der Waals surface area contributed by atoms with Crippen LogP contribution in [0.25, 0.3) is 0 Å². The maximum Gasteiger partial charge on any atom is 0.123 e. The molecule has 0 fully saturated rings. The molecule has 2 aromatic rings. The summed E-state index contributed by atoms with van der Waals surface area (Å²) in [6, 6.07) is 10.6. The summed E-state index contributed by atoms with van der Waals surface area (Å²) in [4.78, 5) is 1.13. The molecule has 1 aromatic carbocycles. The van der Waals surface area contributed by atoms with Gasteiger partial charge in [0.05, 0.1) is 5.56 Å². The van der Waals surface area contributed by atoms with E-state index in [-0.39, 0.29) is 11.9 Å². The first-order chi connectivity index (χ1) is 8.69. The number of nitriles is 1. The van der Waals surface area contributed by atoms with Crippen molar-refractivity contribution in [3.05, 3.63) is 57.5 Å². The summed E-state index contributed by atoms with van der Waals surface area (Å²) in [6.07, 6.45) is 0. The van der Waals surface area contributed by atoms with Gasteiger partial charge in [0, 0.05) is 22.8 Å². The lowest BCUT2D eigenvalue weighted by atomic mass is 10.1. The zero-order chi connectivity index (χ0) is 13.0. The Morgan fingerprint density at radius 3 is 2.72 bits per heavy atom. The van der Waals surface area contributed by atoms with Gasteiger partial charge in [0.25, 0.3) is 0 Å². The van der Waals surface area contributed by atoms with Crippen molar-refractivity contribution in [2.45, 2.75) is 19.5 Å². The fourth-order valence-corrected chi connectivity index (χ4v) is 2.42. The second kappa shape index (κ2) is 5.76. The van der Waals surface area contributed by atoms with Crippen molar-refractivity contribution in [3.63, 3.8) is 0 Å². The predicted octanol–water partition coefficient (Wildman–Crippen LogP) is 3.61. The standard InChI is InChI=1S/C14H13FN2S/c1-10(12-2-4-13(15)5-3-12)17-8-14-6-11(7-16)9-18-14/h2-6,9-10,17H,8H2,1H3/t10-/m1/s1. The molecule has 0 bridgehead atoms. The molecule has 18 heavy (non-hydrogen) atoms. The minimum absolute atomic E-state index is 0.151. The van der Waals surface area contributed by atoms with Crippen LogP contribution >= 0.6 is 11.3 Å². The van der Waals surface area contributed by atoms with E-state index in [1.807, 2.05) is 18.4 Å². The average molecular weight is 260 g/mol. The van der Waals surface area contributed by atoms with Gasteiger partial charge in [0.1, 0.15) is 11.9 Å². The molecular weight excluding hydrogens is 247 g/mol. The highest BCUT2D eigenvalue weighted by Gasteiger charge is 2.06. The van der Waals surface area contributed by atoms with E-state index < -0.39 is 0 Å². The summed E-state index contributed by atoms with van der Waals surface area (Å²) in [5.41, 5.74) is 1.75. The highest BCUT2D eigenvalue weighted by Crippen LogP contribution is 2.17. The third kappa shape index (κ3) is 3.16. The average Bonchev–Trinajstić information content (AvgIpc) is 2.85. The van der Waals surface area contributed by atoms with Gasteiger partial charge in [0.2, 0.25) is 0 Å². The smallest absolute Gasteiger partial charge is 0.123 e. The van der Waals surface area contributed by atoms with Crippen LogP contribution in [0.4, 0.5) is 4.39 Å². The van der Waals surface area contributed by atoms with Crippen LogP contribution in [0.1, 0.15) is 29.0 Å². The van der Waals surface area contributed by atoms with Crippen LogP contribution in [0.15, 0.2) is 35.7 Å². The molecule has 0 unspecified atom stereocenters. The molecule has 1 N–H and O–H groups in total. The molecule has 1 heterocycles. The van der Waals surface area contributed by atoms with Crippen LogP contribution in [-0.2, 0) is 6.54 Å². The molecule has 0 amide bonds. The summed E-state index contributed by atoms with van der Waals surface area (Å²) >= 11 is 1.57. The first-order valence-corrected chi connectivity index (χ1v) is 6.53. The highest BCUT2D eigenvalue weighted by atomic mass is 32.1. The van der Waals surface area contributed by atoms with E-state index >= 15 is 0 Å². The first-order valence-electron chi connectivity index (χ1n) is 5.65. The van der Waals surface area contributed by atoms with Gasteiger partial charge in [0.15, 0.2) is 0 Å². The molecular formula is C14H13FN2S. The second-order valence-corrected chi connectivity index (χ2v) is 5.06. The fraction of sp³-hybridized carbons (Fsp3) is 0.214. The Bertz CT molecular complexity index is 554. The lowest BCUT2D eigenvalue weighted by Crippen LogP contribution is -2.17. The van der Waals surface area contributed by atoms with Gasteiger partial charge in [-0.05, 0) is 30.7 Å². The molecule has 92 valence electrons.